The Labute approximate surface area is 127 Å². The molecule has 3 heteroatoms. The molecule has 0 saturated carbocycles. The van der Waals surface area contributed by atoms with Gasteiger partial charge in [0.2, 0.25) is 0 Å². The summed E-state index contributed by atoms with van der Waals surface area (Å²) in [6.45, 7) is 2.06. The van der Waals surface area contributed by atoms with E-state index in [0.29, 0.717) is 5.02 Å². The molecular formula is C17H13ClOS. The molecule has 1 nitrogen and oxygen atoms in total. The van der Waals surface area contributed by atoms with E-state index in [9.17, 15) is 0 Å². The molecule has 2 aromatic carbocycles. The minimum absolute atomic E-state index is 0.709. The summed E-state index contributed by atoms with van der Waals surface area (Å²) < 4.78 is 6.07. The molecule has 0 bridgehead atoms. The highest BCUT2D eigenvalue weighted by molar-refractivity contribution is 7.13. The van der Waals surface area contributed by atoms with Crippen LogP contribution in [0.3, 0.4) is 0 Å². The highest BCUT2D eigenvalue weighted by Crippen LogP contribution is 2.38. The zero-order chi connectivity index (χ0) is 13.9. The van der Waals surface area contributed by atoms with Gasteiger partial charge in [-0.3, -0.25) is 0 Å². The normalized spacial score (nSPS) is 10.5. The molecule has 0 atom stereocenters. The fourth-order valence-corrected chi connectivity index (χ4v) is 2.91. The predicted molar refractivity (Wildman–Crippen MR) is 86.0 cm³/mol. The molecule has 0 aliphatic carbocycles. The highest BCUT2D eigenvalue weighted by atomic mass is 35.5. The van der Waals surface area contributed by atoms with Crippen molar-refractivity contribution in [2.24, 2.45) is 0 Å². The third-order valence-electron chi connectivity index (χ3n) is 3.03. The van der Waals surface area contributed by atoms with Crippen molar-refractivity contribution in [1.82, 2.24) is 0 Å². The lowest BCUT2D eigenvalue weighted by Gasteiger charge is -2.13. The Bertz CT molecular complexity index is 702. The molecule has 0 spiro atoms. The molecule has 0 aliphatic rings. The minimum atomic E-state index is 0.709. The Balaban J connectivity index is 2.02. The van der Waals surface area contributed by atoms with Crippen molar-refractivity contribution in [1.29, 1.82) is 0 Å². The third kappa shape index (κ3) is 2.72. The van der Waals surface area contributed by atoms with Gasteiger partial charge in [-0.25, -0.2) is 0 Å². The third-order valence-corrected chi connectivity index (χ3v) is 4.19. The predicted octanol–water partition coefficient (Wildman–Crippen LogP) is 6.17. The summed E-state index contributed by atoms with van der Waals surface area (Å²) >= 11 is 7.62. The number of para-hydroxylation sites is 1. The topological polar surface area (TPSA) is 9.23 Å². The van der Waals surface area contributed by atoms with Gasteiger partial charge in [0.1, 0.15) is 11.5 Å². The van der Waals surface area contributed by atoms with Crippen molar-refractivity contribution in [3.8, 4) is 21.9 Å². The molecule has 0 radical (unpaired) electrons. The zero-order valence-electron chi connectivity index (χ0n) is 11.0. The van der Waals surface area contributed by atoms with Crippen LogP contribution >= 0.6 is 22.9 Å². The standard InChI is InChI=1S/C17H13ClOS/c1-12-4-2-5-15(16-6-3-11-20-16)17(12)19-14-9-7-13(18)8-10-14/h2-11H,1H3. The van der Waals surface area contributed by atoms with Gasteiger partial charge >= 0.3 is 0 Å². The smallest absolute Gasteiger partial charge is 0.138 e. The fourth-order valence-electron chi connectivity index (χ4n) is 2.03. The maximum atomic E-state index is 6.07. The number of ether oxygens (including phenoxy) is 1. The molecule has 3 rings (SSSR count). The van der Waals surface area contributed by atoms with Gasteiger partial charge in [-0.15, -0.1) is 11.3 Å². The molecular weight excluding hydrogens is 288 g/mol. The lowest BCUT2D eigenvalue weighted by molar-refractivity contribution is 0.481. The van der Waals surface area contributed by atoms with Crippen LogP contribution in [0.15, 0.2) is 60.0 Å². The Kier molecular flexibility index (Phi) is 3.77. The largest absolute Gasteiger partial charge is 0.456 e. The molecule has 1 aromatic heterocycles. The number of hydrogen-bond donors (Lipinski definition) is 0. The van der Waals surface area contributed by atoms with Crippen molar-refractivity contribution in [2.45, 2.75) is 6.92 Å². The Morgan fingerprint density at radius 1 is 0.950 bits per heavy atom. The van der Waals surface area contributed by atoms with E-state index in [1.807, 2.05) is 24.3 Å². The van der Waals surface area contributed by atoms with Crippen LogP contribution in [0.2, 0.25) is 5.02 Å². The SMILES string of the molecule is Cc1cccc(-c2cccs2)c1Oc1ccc(Cl)cc1. The lowest BCUT2D eigenvalue weighted by Crippen LogP contribution is -1.90. The summed E-state index contributed by atoms with van der Waals surface area (Å²) in [7, 11) is 0. The lowest BCUT2D eigenvalue weighted by atomic mass is 10.1. The van der Waals surface area contributed by atoms with Crippen molar-refractivity contribution >= 4 is 22.9 Å². The fraction of sp³-hybridized carbons (Fsp3) is 0.0588. The van der Waals surface area contributed by atoms with Crippen molar-refractivity contribution in [2.75, 3.05) is 0 Å². The first kappa shape index (κ1) is 13.2. The summed E-state index contributed by atoms with van der Waals surface area (Å²) in [6.07, 6.45) is 0. The molecule has 0 aliphatic heterocycles. The molecule has 20 heavy (non-hydrogen) atoms. The van der Waals surface area contributed by atoms with Crippen LogP contribution in [0.1, 0.15) is 5.56 Å². The molecule has 0 N–H and O–H groups in total. The van der Waals surface area contributed by atoms with Crippen LogP contribution in [-0.4, -0.2) is 0 Å². The monoisotopic (exact) mass is 300 g/mol. The first-order chi connectivity index (χ1) is 9.74. The summed E-state index contributed by atoms with van der Waals surface area (Å²) in [5.74, 6) is 1.69. The maximum Gasteiger partial charge on any atom is 0.138 e. The van der Waals surface area contributed by atoms with E-state index in [1.54, 1.807) is 11.3 Å². The van der Waals surface area contributed by atoms with E-state index >= 15 is 0 Å². The van der Waals surface area contributed by atoms with Gasteiger partial charge in [0.05, 0.1) is 0 Å². The van der Waals surface area contributed by atoms with E-state index in [0.717, 1.165) is 22.6 Å². The highest BCUT2D eigenvalue weighted by Gasteiger charge is 2.11. The summed E-state index contributed by atoms with van der Waals surface area (Å²) in [5.41, 5.74) is 2.24. The number of thiophene rings is 1. The first-order valence-electron chi connectivity index (χ1n) is 6.31. The molecule has 0 fully saturated rings. The van der Waals surface area contributed by atoms with Gasteiger partial charge in [0, 0.05) is 15.5 Å². The van der Waals surface area contributed by atoms with Crippen LogP contribution in [0.4, 0.5) is 0 Å². The molecule has 100 valence electrons. The average molecular weight is 301 g/mol. The van der Waals surface area contributed by atoms with Crippen LogP contribution in [0.25, 0.3) is 10.4 Å². The Morgan fingerprint density at radius 3 is 2.45 bits per heavy atom. The van der Waals surface area contributed by atoms with Crippen LogP contribution < -0.4 is 4.74 Å². The quantitative estimate of drug-likeness (QED) is 0.562. The van der Waals surface area contributed by atoms with Crippen LogP contribution in [0.5, 0.6) is 11.5 Å². The van der Waals surface area contributed by atoms with E-state index in [2.05, 4.69) is 42.6 Å². The number of aryl methyl sites for hydroxylation is 1. The van der Waals surface area contributed by atoms with Gasteiger partial charge in [-0.05, 0) is 54.3 Å². The minimum Gasteiger partial charge on any atom is -0.456 e. The van der Waals surface area contributed by atoms with Crippen LogP contribution in [0, 0.1) is 6.92 Å². The number of halogens is 1. The second-order valence-corrected chi connectivity index (χ2v) is 5.87. The van der Waals surface area contributed by atoms with Gasteiger partial charge in [-0.2, -0.15) is 0 Å². The van der Waals surface area contributed by atoms with Gasteiger partial charge in [0.25, 0.3) is 0 Å². The molecule has 0 unspecified atom stereocenters. The van der Waals surface area contributed by atoms with Crippen molar-refractivity contribution in [3.63, 3.8) is 0 Å². The maximum absolute atomic E-state index is 6.07. The van der Waals surface area contributed by atoms with E-state index in [-0.39, 0.29) is 0 Å². The van der Waals surface area contributed by atoms with Gasteiger partial charge < -0.3 is 4.74 Å². The Morgan fingerprint density at radius 2 is 1.75 bits per heavy atom. The zero-order valence-corrected chi connectivity index (χ0v) is 12.5. The molecule has 3 aromatic rings. The number of hydrogen-bond acceptors (Lipinski definition) is 2. The summed E-state index contributed by atoms with van der Waals surface area (Å²) in [4.78, 5) is 1.21. The summed E-state index contributed by atoms with van der Waals surface area (Å²) in [5, 5.41) is 2.78. The average Bonchev–Trinajstić information content (AvgIpc) is 2.97. The van der Waals surface area contributed by atoms with Crippen molar-refractivity contribution in [3.05, 3.63) is 70.6 Å². The van der Waals surface area contributed by atoms with Gasteiger partial charge in [-0.1, -0.05) is 29.8 Å². The molecule has 1 heterocycles. The van der Waals surface area contributed by atoms with Crippen molar-refractivity contribution < 1.29 is 4.74 Å². The summed E-state index contributed by atoms with van der Waals surface area (Å²) in [6, 6.07) is 17.8. The van der Waals surface area contributed by atoms with E-state index in [4.69, 9.17) is 16.3 Å². The van der Waals surface area contributed by atoms with Crippen LogP contribution in [-0.2, 0) is 0 Å². The Hall–Kier alpha value is -1.77. The first-order valence-corrected chi connectivity index (χ1v) is 7.57. The second kappa shape index (κ2) is 5.70. The van der Waals surface area contributed by atoms with E-state index < -0.39 is 0 Å². The number of benzene rings is 2. The van der Waals surface area contributed by atoms with Gasteiger partial charge in [0.15, 0.2) is 0 Å². The van der Waals surface area contributed by atoms with E-state index in [1.165, 1.54) is 4.88 Å². The molecule has 0 amide bonds. The number of rotatable bonds is 3. The second-order valence-electron chi connectivity index (χ2n) is 4.48. The molecule has 0 saturated heterocycles.